The highest BCUT2D eigenvalue weighted by Crippen LogP contribution is 2.24. The molecule has 0 saturated carbocycles. The molecule has 0 radical (unpaired) electrons. The molecule has 9 atom stereocenters. The highest BCUT2D eigenvalue weighted by Gasteiger charge is 2.41. The minimum Gasteiger partial charge on any atom is -0.508 e. The largest absolute Gasteiger partial charge is 0.508 e. The molecule has 6 aromatic rings. The lowest BCUT2D eigenvalue weighted by Crippen LogP contribution is -2.61. The van der Waals surface area contributed by atoms with E-state index in [4.69, 9.17) is 11.5 Å². The van der Waals surface area contributed by atoms with E-state index in [1.165, 1.54) is 41.1 Å². The number of aromatic amines is 2. The van der Waals surface area contributed by atoms with E-state index in [-0.39, 0.29) is 100 Å². The minimum atomic E-state index is -1.77. The van der Waals surface area contributed by atoms with E-state index >= 15 is 9.59 Å². The van der Waals surface area contributed by atoms with Crippen LogP contribution in [0.1, 0.15) is 88.0 Å². The third kappa shape index (κ3) is 19.2. The van der Waals surface area contributed by atoms with Crippen molar-refractivity contribution in [1.82, 2.24) is 62.3 Å². The molecule has 0 bridgehead atoms. The number of hydrogen-bond acceptors (Lipinski definition) is 13. The van der Waals surface area contributed by atoms with E-state index in [1.54, 1.807) is 61.8 Å². The van der Waals surface area contributed by atoms with Crippen molar-refractivity contribution in [3.8, 4) is 5.75 Å². The van der Waals surface area contributed by atoms with Crippen molar-refractivity contribution in [3.05, 3.63) is 138 Å². The van der Waals surface area contributed by atoms with Crippen LogP contribution in [0.4, 0.5) is 0 Å². The Morgan fingerprint density at radius 2 is 1.16 bits per heavy atom. The second-order valence-corrected chi connectivity index (χ2v) is 24.5. The van der Waals surface area contributed by atoms with Gasteiger partial charge in [0.25, 0.3) is 0 Å². The number of hydrogen-bond donors (Lipinski definition) is 14. The number of fused-ring (bicyclic) bond motifs is 2. The molecule has 2 saturated heterocycles. The van der Waals surface area contributed by atoms with Gasteiger partial charge >= 0.3 is 0 Å². The Morgan fingerprint density at radius 1 is 0.642 bits per heavy atom. The Balaban J connectivity index is 1.06. The fourth-order valence-electron chi connectivity index (χ4n) is 12.1. The number of aromatic hydroxyl groups is 1. The van der Waals surface area contributed by atoms with Crippen LogP contribution in [0.25, 0.3) is 21.8 Å². The molecule has 506 valence electrons. The first kappa shape index (κ1) is 70.6. The van der Waals surface area contributed by atoms with E-state index in [1.807, 2.05) is 50.2 Å². The number of nitrogens with zero attached hydrogens (tertiary/aromatic N) is 3. The minimum absolute atomic E-state index is 0.00929. The van der Waals surface area contributed by atoms with E-state index in [9.17, 15) is 48.6 Å². The lowest BCUT2D eigenvalue weighted by molar-refractivity contribution is -0.142. The number of guanidine groups is 1. The zero-order valence-electron chi connectivity index (χ0n) is 53.8. The number of benzene rings is 4. The van der Waals surface area contributed by atoms with Crippen molar-refractivity contribution < 1.29 is 58.2 Å². The Bertz CT molecular complexity index is 3720. The van der Waals surface area contributed by atoms with Crippen molar-refractivity contribution >= 4 is 86.8 Å². The highest BCUT2D eigenvalue weighted by atomic mass is 16.3. The Hall–Kier alpha value is -10.3. The number of aromatic nitrogens is 2. The first-order valence-corrected chi connectivity index (χ1v) is 32.2. The quantitative estimate of drug-likeness (QED) is 0.0158. The van der Waals surface area contributed by atoms with Gasteiger partial charge in [-0.25, -0.2) is 0 Å². The van der Waals surface area contributed by atoms with E-state index in [0.717, 1.165) is 16.4 Å². The summed E-state index contributed by atoms with van der Waals surface area (Å²) < 4.78 is 0. The predicted molar refractivity (Wildman–Crippen MR) is 355 cm³/mol. The van der Waals surface area contributed by atoms with E-state index in [0.29, 0.717) is 47.0 Å². The zero-order chi connectivity index (χ0) is 68.3. The number of para-hydroxylation sites is 2. The first-order valence-electron chi connectivity index (χ1n) is 32.2. The molecule has 2 aliphatic heterocycles. The number of amides is 10. The Morgan fingerprint density at radius 3 is 1.72 bits per heavy atom. The molecule has 4 heterocycles. The van der Waals surface area contributed by atoms with Crippen LogP contribution in [0.15, 0.2) is 121 Å². The number of aliphatic imine (C=N–C) groups is 1. The molecule has 2 fully saturated rings. The number of rotatable bonds is 32. The van der Waals surface area contributed by atoms with Gasteiger partial charge in [0, 0.05) is 93.0 Å². The summed E-state index contributed by atoms with van der Waals surface area (Å²) in [4.78, 5) is 156. The van der Waals surface area contributed by atoms with Crippen molar-refractivity contribution in [1.29, 1.82) is 0 Å². The number of aliphatic hydroxyl groups excluding tert-OH is 1. The summed E-state index contributed by atoms with van der Waals surface area (Å²) in [6, 6.07) is 17.6. The monoisotopic (exact) mass is 1310 g/mol. The highest BCUT2D eigenvalue weighted by molar-refractivity contribution is 6.00. The second-order valence-electron chi connectivity index (χ2n) is 24.5. The molecule has 2 aromatic heterocycles. The fraction of sp³-hybridized carbons (Fsp3) is 0.426. The number of carbonyl (C=O) groups excluding carboxylic acids is 10. The fourth-order valence-corrected chi connectivity index (χ4v) is 12.1. The molecule has 2 aliphatic rings. The summed E-state index contributed by atoms with van der Waals surface area (Å²) in [7, 11) is 1.44. The van der Waals surface area contributed by atoms with Gasteiger partial charge in [-0.1, -0.05) is 92.7 Å². The van der Waals surface area contributed by atoms with Crippen molar-refractivity contribution in [2.24, 2.45) is 22.4 Å². The number of carbonyl (C=O) groups is 10. The summed E-state index contributed by atoms with van der Waals surface area (Å²) in [6.07, 6.45) is 4.49. The van der Waals surface area contributed by atoms with Crippen LogP contribution in [0.2, 0.25) is 0 Å². The van der Waals surface area contributed by atoms with Gasteiger partial charge in [-0.05, 0) is 97.9 Å². The molecule has 0 aliphatic carbocycles. The number of phenols is 1. The van der Waals surface area contributed by atoms with Crippen LogP contribution in [0, 0.1) is 5.92 Å². The van der Waals surface area contributed by atoms with E-state index < -0.39 is 108 Å². The smallest absolute Gasteiger partial charge is 0.245 e. The van der Waals surface area contributed by atoms with Crippen molar-refractivity contribution in [3.63, 3.8) is 0 Å². The van der Waals surface area contributed by atoms with Gasteiger partial charge in [-0.15, -0.1) is 0 Å². The second kappa shape index (κ2) is 33.5. The van der Waals surface area contributed by atoms with Gasteiger partial charge < -0.3 is 84.0 Å². The van der Waals surface area contributed by atoms with Crippen LogP contribution >= 0.6 is 0 Å². The molecule has 10 amide bonds. The maximum Gasteiger partial charge on any atom is 0.245 e. The normalized spacial score (nSPS) is 16.7. The molecule has 0 spiro atoms. The van der Waals surface area contributed by atoms with Crippen LogP contribution in [0.5, 0.6) is 5.75 Å². The first-order chi connectivity index (χ1) is 45.6. The summed E-state index contributed by atoms with van der Waals surface area (Å²) in [6.45, 7) is 5.17. The molecule has 16 N–H and O–H groups in total. The molecule has 27 heteroatoms. The number of likely N-dealkylation sites (N-methyl/N-ethyl adjacent to an activating group) is 2. The molecule has 95 heavy (non-hydrogen) atoms. The molecule has 8 rings (SSSR count). The number of H-pyrrole nitrogens is 2. The van der Waals surface area contributed by atoms with Gasteiger partial charge in [0.15, 0.2) is 5.96 Å². The summed E-state index contributed by atoms with van der Waals surface area (Å²) in [5.74, 6) is -7.30. The Kier molecular flexibility index (Phi) is 24.9. The maximum atomic E-state index is 15.1. The van der Waals surface area contributed by atoms with Gasteiger partial charge in [0.2, 0.25) is 59.1 Å². The van der Waals surface area contributed by atoms with Crippen LogP contribution in [0.3, 0.4) is 0 Å². The SMILES string of the molecule is CCNC(=O)[C@H]1CCCN1C(=O)[C@H](CCCN=C(N)N)NC(=O)[C@H](CC(C)C)NC(=O)[C@@H](Cc1c[nH]c2ccccc12)NC(=O)[C@H](Cc1ccc(O)cc1)NC(=O)[C@H](CO)NC(=O)[C@H](Cc1c[nH]c2ccccc12)NC(=O)[C@H](Cc1ccccc1)N(C)C(=O)[C@@H]1CCC(=O)N1. The van der Waals surface area contributed by atoms with E-state index in [2.05, 4.69) is 57.5 Å². The molecule has 27 nitrogen and oxygen atoms in total. The molecular formula is C68H87N15O12. The summed E-state index contributed by atoms with van der Waals surface area (Å²) in [5.41, 5.74) is 14.9. The summed E-state index contributed by atoms with van der Waals surface area (Å²) >= 11 is 0. The topological polar surface area (TPSA) is 410 Å². The number of nitrogens with one attached hydrogen (secondary N) is 10. The zero-order valence-corrected chi connectivity index (χ0v) is 53.8. The average Bonchev–Trinajstić information content (AvgIpc) is 1.78. The predicted octanol–water partition coefficient (Wildman–Crippen LogP) is 0.859. The Labute approximate surface area is 550 Å². The third-order valence-corrected chi connectivity index (χ3v) is 17.1. The number of likely N-dealkylation sites (tertiary alicyclic amines) is 1. The van der Waals surface area contributed by atoms with Gasteiger partial charge in [-0.3, -0.25) is 52.9 Å². The molecule has 0 unspecified atom stereocenters. The van der Waals surface area contributed by atoms with Gasteiger partial charge in [-0.2, -0.15) is 0 Å². The molecule has 4 aromatic carbocycles. The van der Waals surface area contributed by atoms with Crippen LogP contribution in [-0.4, -0.2) is 183 Å². The van der Waals surface area contributed by atoms with Crippen molar-refractivity contribution in [2.75, 3.05) is 33.3 Å². The van der Waals surface area contributed by atoms with Crippen molar-refractivity contribution in [2.45, 2.75) is 146 Å². The lowest BCUT2D eigenvalue weighted by atomic mass is 9.99. The lowest BCUT2D eigenvalue weighted by Gasteiger charge is -2.31. The van der Waals surface area contributed by atoms with Gasteiger partial charge in [0.05, 0.1) is 6.61 Å². The summed E-state index contributed by atoms with van der Waals surface area (Å²) in [5, 5.41) is 44.7. The number of phenolic OH excluding ortho intramolecular Hbond substituents is 1. The van der Waals surface area contributed by atoms with Crippen LogP contribution < -0.4 is 54.0 Å². The third-order valence-electron chi connectivity index (χ3n) is 17.1. The average molecular weight is 1310 g/mol. The number of nitrogens with two attached hydrogens (primary N) is 2. The van der Waals surface area contributed by atoms with Crippen LogP contribution in [-0.2, 0) is 73.6 Å². The molecular weight excluding hydrogens is 1220 g/mol. The van der Waals surface area contributed by atoms with Gasteiger partial charge in [0.1, 0.15) is 60.1 Å². The number of aliphatic hydroxyl groups is 1. The standard InChI is InChI=1S/C68H87N15O12/c1-5-71-64(92)56-22-14-30-83(56)67(95)49(21-13-29-72-68(69)70)76-59(87)51(31-39(2)3)77-61(89)53(34-42-36-73-47-19-11-9-17-45(42)47)79-60(88)52(32-41-23-25-44(85)26-24-41)78-63(91)55(38-84)81-62(90)54(35-43-37-74-48-20-12-10-18-46(43)48)80-65(93)57(33-40-15-7-6-8-16-40)82(4)66(94)50-27-28-58(86)75-50/h6-12,15-20,23-26,36-37,39,49-57,73-74,84-85H,5,13-14,21-22,27-35,38H2,1-4H3,(H,71,92)(H,75,86)(H,76,87)(H,77,89)(H,78,91)(H,79,88)(H,80,93)(H,81,90)(H4,69,70,72)/t49-,50-,51-,52-,53+,54-,55-,56+,57-/m0/s1. The maximum absolute atomic E-state index is 15.1.